The summed E-state index contributed by atoms with van der Waals surface area (Å²) < 4.78 is 0. The Labute approximate surface area is 183 Å². The van der Waals surface area contributed by atoms with Gasteiger partial charge in [-0.1, -0.05) is 49.8 Å². The number of thiazole rings is 2. The lowest BCUT2D eigenvalue weighted by atomic mass is 9.96. The maximum Gasteiger partial charge on any atom is 0.231 e. The second kappa shape index (κ2) is 7.70. The summed E-state index contributed by atoms with van der Waals surface area (Å²) in [5, 5.41) is 8.57. The lowest BCUT2D eigenvalue weighted by Gasteiger charge is -2.15. The number of fused-ring (bicyclic) bond motifs is 3. The van der Waals surface area contributed by atoms with Gasteiger partial charge in [-0.3, -0.25) is 4.79 Å². The number of halogens is 1. The van der Waals surface area contributed by atoms with Crippen molar-refractivity contribution in [1.29, 1.82) is 0 Å². The Morgan fingerprint density at radius 2 is 1.93 bits per heavy atom. The van der Waals surface area contributed by atoms with Crippen molar-refractivity contribution in [3.05, 3.63) is 39.4 Å². The van der Waals surface area contributed by atoms with E-state index in [0.29, 0.717) is 10.2 Å². The molecule has 0 fully saturated rings. The zero-order valence-electron chi connectivity index (χ0n) is 16.9. The van der Waals surface area contributed by atoms with Crippen LogP contribution in [0.1, 0.15) is 43.3 Å². The van der Waals surface area contributed by atoms with Gasteiger partial charge in [-0.15, -0.1) is 11.3 Å². The van der Waals surface area contributed by atoms with E-state index in [9.17, 15) is 4.79 Å². The second-order valence-corrected chi connectivity index (χ2v) is 10.7. The minimum absolute atomic E-state index is 0.0234. The molecule has 4 rings (SSSR count). The number of aromatic nitrogens is 2. The van der Waals surface area contributed by atoms with E-state index in [1.165, 1.54) is 4.88 Å². The fourth-order valence-electron chi connectivity index (χ4n) is 3.06. The number of nitrogens with one attached hydrogen (secondary N) is 2. The summed E-state index contributed by atoms with van der Waals surface area (Å²) in [5.41, 5.74) is 3.64. The molecule has 2 heterocycles. The van der Waals surface area contributed by atoms with Crippen molar-refractivity contribution < 1.29 is 4.79 Å². The molecule has 0 unspecified atom stereocenters. The summed E-state index contributed by atoms with van der Waals surface area (Å²) >= 11 is 9.33. The Hall–Kier alpha value is -1.96. The minimum atomic E-state index is -0.454. The zero-order valence-corrected chi connectivity index (χ0v) is 19.2. The van der Waals surface area contributed by atoms with Crippen LogP contribution in [0.2, 0.25) is 5.02 Å². The van der Waals surface area contributed by atoms with Gasteiger partial charge in [0.25, 0.3) is 0 Å². The molecule has 0 bridgehead atoms. The lowest BCUT2D eigenvalue weighted by molar-refractivity contribution is -0.123. The Balaban J connectivity index is 1.65. The smallest absolute Gasteiger partial charge is 0.231 e. The van der Waals surface area contributed by atoms with E-state index in [4.69, 9.17) is 21.6 Å². The van der Waals surface area contributed by atoms with Crippen molar-refractivity contribution in [2.45, 2.75) is 47.0 Å². The fraction of sp³-hybridized carbons (Fsp3) is 0.381. The van der Waals surface area contributed by atoms with Gasteiger partial charge in [-0.05, 0) is 43.9 Å². The van der Waals surface area contributed by atoms with E-state index in [1.54, 1.807) is 22.7 Å². The van der Waals surface area contributed by atoms with Crippen molar-refractivity contribution in [2.24, 2.45) is 5.41 Å². The van der Waals surface area contributed by atoms with E-state index in [2.05, 4.69) is 10.6 Å². The molecule has 3 aromatic rings. The molecule has 5 nitrogen and oxygen atoms in total. The predicted molar refractivity (Wildman–Crippen MR) is 123 cm³/mol. The average Bonchev–Trinajstić information content (AvgIpc) is 3.18. The van der Waals surface area contributed by atoms with Crippen molar-refractivity contribution in [1.82, 2.24) is 9.97 Å². The number of nitrogens with zero attached hydrogens (tertiary/aromatic N) is 2. The largest absolute Gasteiger partial charge is 0.331 e. The first-order chi connectivity index (χ1) is 13.7. The van der Waals surface area contributed by atoms with Crippen LogP contribution in [-0.4, -0.2) is 15.9 Å². The van der Waals surface area contributed by atoms with Gasteiger partial charge in [-0.25, -0.2) is 9.97 Å². The highest BCUT2D eigenvalue weighted by Gasteiger charge is 2.26. The van der Waals surface area contributed by atoms with E-state index in [1.807, 2.05) is 45.9 Å². The highest BCUT2D eigenvalue weighted by atomic mass is 35.5. The maximum atomic E-state index is 12.4. The minimum Gasteiger partial charge on any atom is -0.331 e. The third-order valence-electron chi connectivity index (χ3n) is 4.77. The van der Waals surface area contributed by atoms with Gasteiger partial charge >= 0.3 is 0 Å². The van der Waals surface area contributed by atoms with Crippen molar-refractivity contribution in [3.8, 4) is 10.6 Å². The van der Waals surface area contributed by atoms with Crippen molar-refractivity contribution >= 4 is 56.1 Å². The molecule has 0 saturated carbocycles. The van der Waals surface area contributed by atoms with Crippen molar-refractivity contribution in [3.63, 3.8) is 0 Å². The average molecular weight is 447 g/mol. The molecule has 1 aliphatic rings. The molecule has 2 N–H and O–H groups in total. The first kappa shape index (κ1) is 20.3. The van der Waals surface area contributed by atoms with Crippen LogP contribution >= 0.6 is 34.3 Å². The molecule has 8 heteroatoms. The fourth-order valence-corrected chi connectivity index (χ4v) is 5.34. The summed E-state index contributed by atoms with van der Waals surface area (Å²) in [7, 11) is 0. The molecule has 1 aromatic carbocycles. The molecule has 0 atom stereocenters. The summed E-state index contributed by atoms with van der Waals surface area (Å²) in [6, 6.07) is 5.79. The monoisotopic (exact) mass is 446 g/mol. The van der Waals surface area contributed by atoms with Crippen molar-refractivity contribution in [2.75, 3.05) is 10.6 Å². The van der Waals surface area contributed by atoms with Crippen LogP contribution < -0.4 is 10.6 Å². The predicted octanol–water partition coefficient (Wildman–Crippen LogP) is 6.45. The molecule has 2 aromatic heterocycles. The lowest BCUT2D eigenvalue weighted by Crippen LogP contribution is -2.27. The molecule has 0 aliphatic heterocycles. The number of anilines is 3. The van der Waals surface area contributed by atoms with Crippen LogP contribution in [0.5, 0.6) is 0 Å². The van der Waals surface area contributed by atoms with E-state index in [-0.39, 0.29) is 5.91 Å². The normalized spacial score (nSPS) is 13.4. The number of hydrogen-bond donors (Lipinski definition) is 2. The first-order valence-electron chi connectivity index (χ1n) is 9.55. The highest BCUT2D eigenvalue weighted by Crippen LogP contribution is 2.42. The summed E-state index contributed by atoms with van der Waals surface area (Å²) in [4.78, 5) is 24.2. The summed E-state index contributed by atoms with van der Waals surface area (Å²) in [5.74, 6) is -0.0234. The molecular weight excluding hydrogens is 424 g/mol. The maximum absolute atomic E-state index is 12.4. The Morgan fingerprint density at radius 1 is 1.14 bits per heavy atom. The van der Waals surface area contributed by atoms with Crippen LogP contribution in [0.25, 0.3) is 10.6 Å². The van der Waals surface area contributed by atoms with Gasteiger partial charge in [0.1, 0.15) is 0 Å². The molecule has 152 valence electrons. The van der Waals surface area contributed by atoms with Gasteiger partial charge in [0.05, 0.1) is 16.3 Å². The number of carbonyl (C=O) groups excluding carboxylic acids is 1. The molecule has 0 spiro atoms. The molecule has 1 aliphatic carbocycles. The number of amides is 1. The van der Waals surface area contributed by atoms with Gasteiger partial charge in [0.15, 0.2) is 10.3 Å². The molecule has 29 heavy (non-hydrogen) atoms. The number of hydrogen-bond acceptors (Lipinski definition) is 6. The molecular formula is C21H23ClN4OS2. The zero-order chi connectivity index (χ0) is 20.8. The van der Waals surface area contributed by atoms with Crippen LogP contribution in [0.15, 0.2) is 18.2 Å². The first-order valence-corrected chi connectivity index (χ1v) is 11.6. The van der Waals surface area contributed by atoms with Crippen LogP contribution in [0, 0.1) is 12.3 Å². The van der Waals surface area contributed by atoms with E-state index in [0.717, 1.165) is 51.9 Å². The van der Waals surface area contributed by atoms with Gasteiger partial charge < -0.3 is 10.6 Å². The van der Waals surface area contributed by atoms with Gasteiger partial charge in [0.2, 0.25) is 5.91 Å². The standard InChI is InChI=1S/C21H23ClN4OS2/c1-11-8-9-12(22)10-14(11)24-19-23-13-6-5-7-15-16(17(13)29-19)25-20(28-15)26-18(27)21(2,3)4/h8-10H,5-7H2,1-4H3,(H,23,24)(H,25,26,27). The SMILES string of the molecule is Cc1ccc(Cl)cc1Nc1nc2c(s1)-c1nc(NC(=O)C(C)(C)C)sc1CCC2. The van der Waals surface area contributed by atoms with Crippen LogP contribution in [0.4, 0.5) is 16.0 Å². The number of aryl methyl sites for hydroxylation is 3. The summed E-state index contributed by atoms with van der Waals surface area (Å²) in [6.07, 6.45) is 2.90. The Bertz CT molecular complexity index is 1080. The Morgan fingerprint density at radius 3 is 2.69 bits per heavy atom. The van der Waals surface area contributed by atoms with E-state index >= 15 is 0 Å². The third-order valence-corrected chi connectivity index (χ3v) is 7.06. The number of carbonyl (C=O) groups is 1. The van der Waals surface area contributed by atoms with E-state index < -0.39 is 5.41 Å². The Kier molecular flexibility index (Phi) is 5.40. The topological polar surface area (TPSA) is 66.9 Å². The quantitative estimate of drug-likeness (QED) is 0.485. The molecule has 1 amide bonds. The number of rotatable bonds is 3. The molecule has 0 radical (unpaired) electrons. The van der Waals surface area contributed by atoms with Crippen LogP contribution in [-0.2, 0) is 17.6 Å². The van der Waals surface area contributed by atoms with Gasteiger partial charge in [0, 0.05) is 21.0 Å². The highest BCUT2D eigenvalue weighted by molar-refractivity contribution is 7.20. The number of benzene rings is 1. The van der Waals surface area contributed by atoms with Gasteiger partial charge in [-0.2, -0.15) is 0 Å². The molecule has 0 saturated heterocycles. The second-order valence-electron chi connectivity index (χ2n) is 8.23. The summed E-state index contributed by atoms with van der Waals surface area (Å²) in [6.45, 7) is 7.74. The van der Waals surface area contributed by atoms with Crippen LogP contribution in [0.3, 0.4) is 0 Å². The third kappa shape index (κ3) is 4.32.